The second-order valence-corrected chi connectivity index (χ2v) is 5.09. The third-order valence-corrected chi connectivity index (χ3v) is 3.34. The van der Waals surface area contributed by atoms with Crippen LogP contribution in [0, 0.1) is 6.57 Å². The van der Waals surface area contributed by atoms with Crippen LogP contribution in [0.2, 0.25) is 0 Å². The Labute approximate surface area is 127 Å². The predicted molar refractivity (Wildman–Crippen MR) is 86.3 cm³/mol. The van der Waals surface area contributed by atoms with E-state index in [-0.39, 0.29) is 12.4 Å². The van der Waals surface area contributed by atoms with Crippen LogP contribution in [0.5, 0.6) is 0 Å². The van der Waals surface area contributed by atoms with Crippen molar-refractivity contribution in [2.24, 2.45) is 0 Å². The summed E-state index contributed by atoms with van der Waals surface area (Å²) in [6, 6.07) is 5.45. The Balaban J connectivity index is 2.67. The normalized spacial score (nSPS) is 10.7. The minimum atomic E-state index is 0.0802. The molecule has 0 bridgehead atoms. The van der Waals surface area contributed by atoms with Crippen LogP contribution in [-0.4, -0.2) is 17.5 Å². The molecular formula is C18H23NO2. The first-order valence-corrected chi connectivity index (χ1v) is 7.53. The van der Waals surface area contributed by atoms with E-state index in [1.807, 2.05) is 12.1 Å². The molecule has 1 aromatic rings. The average molecular weight is 285 g/mol. The molecule has 21 heavy (non-hydrogen) atoms. The van der Waals surface area contributed by atoms with Gasteiger partial charge in [0.15, 0.2) is 11.5 Å². The largest absolute Gasteiger partial charge is 0.396 e. The Morgan fingerprint density at radius 3 is 2.81 bits per heavy atom. The van der Waals surface area contributed by atoms with Crippen molar-refractivity contribution in [3.8, 4) is 0 Å². The second kappa shape index (κ2) is 9.90. The summed E-state index contributed by atoms with van der Waals surface area (Å²) in [5.74, 6) is 0.106. The zero-order chi connectivity index (χ0) is 15.5. The van der Waals surface area contributed by atoms with Gasteiger partial charge in [0.05, 0.1) is 6.57 Å². The highest BCUT2D eigenvalue weighted by molar-refractivity contribution is 5.94. The van der Waals surface area contributed by atoms with Gasteiger partial charge in [-0.15, -0.1) is 0 Å². The molecule has 3 nitrogen and oxygen atoms in total. The standard InChI is InChI=1S/C18H23NO2/c1-3-4-5-6-7-17(21)10-9-16-14-15(12-13-20)8-11-18(16)19-2/h8-11,14,20H,3-7,12-13H2,1H3. The fourth-order valence-corrected chi connectivity index (χ4v) is 2.12. The zero-order valence-corrected chi connectivity index (χ0v) is 12.6. The van der Waals surface area contributed by atoms with Crippen LogP contribution in [0.1, 0.15) is 50.2 Å². The molecule has 0 amide bonds. The number of aliphatic hydroxyl groups is 1. The number of allylic oxidation sites excluding steroid dienone is 1. The van der Waals surface area contributed by atoms with Crippen molar-refractivity contribution in [3.63, 3.8) is 0 Å². The van der Waals surface area contributed by atoms with Crippen molar-refractivity contribution in [1.82, 2.24) is 0 Å². The second-order valence-electron chi connectivity index (χ2n) is 5.09. The first-order valence-electron chi connectivity index (χ1n) is 7.53. The Bertz CT molecular complexity index is 527. The van der Waals surface area contributed by atoms with Crippen LogP contribution in [0.3, 0.4) is 0 Å². The van der Waals surface area contributed by atoms with Gasteiger partial charge in [0.25, 0.3) is 0 Å². The van der Waals surface area contributed by atoms with E-state index in [0.29, 0.717) is 18.5 Å². The molecule has 0 saturated carbocycles. The van der Waals surface area contributed by atoms with E-state index in [0.717, 1.165) is 30.4 Å². The van der Waals surface area contributed by atoms with Crippen LogP contribution in [0.15, 0.2) is 24.3 Å². The van der Waals surface area contributed by atoms with Crippen molar-refractivity contribution in [2.75, 3.05) is 6.61 Å². The van der Waals surface area contributed by atoms with E-state index in [4.69, 9.17) is 11.7 Å². The van der Waals surface area contributed by atoms with E-state index in [9.17, 15) is 4.79 Å². The van der Waals surface area contributed by atoms with E-state index in [2.05, 4.69) is 11.8 Å². The van der Waals surface area contributed by atoms with E-state index >= 15 is 0 Å². The van der Waals surface area contributed by atoms with Crippen LogP contribution >= 0.6 is 0 Å². The number of benzene rings is 1. The number of hydrogen-bond acceptors (Lipinski definition) is 2. The summed E-state index contributed by atoms with van der Waals surface area (Å²) in [6.07, 6.45) is 8.77. The minimum absolute atomic E-state index is 0.0802. The number of carbonyl (C=O) groups is 1. The lowest BCUT2D eigenvalue weighted by Gasteiger charge is -2.03. The molecule has 0 saturated heterocycles. The van der Waals surface area contributed by atoms with Gasteiger partial charge >= 0.3 is 0 Å². The summed E-state index contributed by atoms with van der Waals surface area (Å²) in [5, 5.41) is 8.96. The number of aliphatic hydroxyl groups excluding tert-OH is 1. The SMILES string of the molecule is [C-]#[N+]c1ccc(CCO)cc1C=CC(=O)CCCCCC. The van der Waals surface area contributed by atoms with Gasteiger partial charge in [0.2, 0.25) is 0 Å². The fourth-order valence-electron chi connectivity index (χ4n) is 2.12. The third kappa shape index (κ3) is 6.37. The first-order chi connectivity index (χ1) is 10.2. The van der Waals surface area contributed by atoms with Gasteiger partial charge in [-0.2, -0.15) is 0 Å². The van der Waals surface area contributed by atoms with Crippen molar-refractivity contribution in [3.05, 3.63) is 46.8 Å². The van der Waals surface area contributed by atoms with Crippen LogP contribution in [0.4, 0.5) is 5.69 Å². The van der Waals surface area contributed by atoms with Crippen LogP contribution in [0.25, 0.3) is 10.9 Å². The summed E-state index contributed by atoms with van der Waals surface area (Å²) >= 11 is 0. The Kier molecular flexibility index (Phi) is 8.08. The Morgan fingerprint density at radius 1 is 1.33 bits per heavy atom. The number of carbonyl (C=O) groups excluding carboxylic acids is 1. The number of rotatable bonds is 9. The maximum Gasteiger partial charge on any atom is 0.194 e. The summed E-state index contributed by atoms with van der Waals surface area (Å²) in [6.45, 7) is 9.38. The Hall–Kier alpha value is -1.92. The molecule has 0 spiro atoms. The number of ketones is 1. The highest BCUT2D eigenvalue weighted by atomic mass is 16.2. The maximum absolute atomic E-state index is 11.8. The summed E-state index contributed by atoms with van der Waals surface area (Å²) in [7, 11) is 0. The van der Waals surface area contributed by atoms with Crippen LogP contribution in [-0.2, 0) is 11.2 Å². The maximum atomic E-state index is 11.8. The quantitative estimate of drug-likeness (QED) is 0.417. The van der Waals surface area contributed by atoms with Gasteiger partial charge in [-0.3, -0.25) is 4.79 Å². The van der Waals surface area contributed by atoms with Crippen molar-refractivity contribution in [1.29, 1.82) is 0 Å². The van der Waals surface area contributed by atoms with Gasteiger partial charge in [-0.25, -0.2) is 4.85 Å². The molecule has 0 aliphatic heterocycles. The third-order valence-electron chi connectivity index (χ3n) is 3.34. The fraction of sp³-hybridized carbons (Fsp3) is 0.444. The topological polar surface area (TPSA) is 41.7 Å². The number of hydrogen-bond donors (Lipinski definition) is 1. The molecule has 0 heterocycles. The molecule has 112 valence electrons. The predicted octanol–water partition coefficient (Wildman–Crippen LogP) is 4.32. The Morgan fingerprint density at radius 2 is 2.14 bits per heavy atom. The molecule has 0 aromatic heterocycles. The number of unbranched alkanes of at least 4 members (excludes halogenated alkanes) is 3. The lowest BCUT2D eigenvalue weighted by atomic mass is 10.0. The first kappa shape index (κ1) is 17.1. The van der Waals surface area contributed by atoms with Crippen molar-refractivity contribution in [2.45, 2.75) is 45.4 Å². The van der Waals surface area contributed by atoms with E-state index < -0.39 is 0 Å². The monoisotopic (exact) mass is 285 g/mol. The lowest BCUT2D eigenvalue weighted by molar-refractivity contribution is -0.114. The molecule has 0 unspecified atom stereocenters. The minimum Gasteiger partial charge on any atom is -0.396 e. The zero-order valence-electron chi connectivity index (χ0n) is 12.6. The van der Waals surface area contributed by atoms with E-state index in [1.54, 1.807) is 18.2 Å². The molecule has 1 rings (SSSR count). The van der Waals surface area contributed by atoms with E-state index in [1.165, 1.54) is 6.42 Å². The van der Waals surface area contributed by atoms with Gasteiger partial charge in [0.1, 0.15) is 0 Å². The highest BCUT2D eigenvalue weighted by Gasteiger charge is 2.02. The van der Waals surface area contributed by atoms with Crippen molar-refractivity contribution < 1.29 is 9.90 Å². The molecule has 0 aliphatic carbocycles. The molecule has 3 heteroatoms. The molecule has 1 N–H and O–H groups in total. The smallest absolute Gasteiger partial charge is 0.194 e. The summed E-state index contributed by atoms with van der Waals surface area (Å²) in [5.41, 5.74) is 2.25. The van der Waals surface area contributed by atoms with Crippen molar-refractivity contribution >= 4 is 17.5 Å². The average Bonchev–Trinajstić information content (AvgIpc) is 2.50. The molecule has 0 radical (unpaired) electrons. The molecular weight excluding hydrogens is 262 g/mol. The molecule has 0 atom stereocenters. The summed E-state index contributed by atoms with van der Waals surface area (Å²) in [4.78, 5) is 15.2. The van der Waals surface area contributed by atoms with Gasteiger partial charge in [-0.1, -0.05) is 50.5 Å². The van der Waals surface area contributed by atoms with Crippen LogP contribution < -0.4 is 0 Å². The van der Waals surface area contributed by atoms with Gasteiger partial charge in [-0.05, 0) is 30.0 Å². The highest BCUT2D eigenvalue weighted by Crippen LogP contribution is 2.22. The van der Waals surface area contributed by atoms with Gasteiger partial charge < -0.3 is 5.11 Å². The molecule has 1 aromatic carbocycles. The van der Waals surface area contributed by atoms with Gasteiger partial charge in [0, 0.05) is 13.0 Å². The summed E-state index contributed by atoms with van der Waals surface area (Å²) < 4.78 is 0. The lowest BCUT2D eigenvalue weighted by Crippen LogP contribution is -1.93. The molecule has 0 fully saturated rings. The molecule has 0 aliphatic rings. The number of nitrogens with zero attached hydrogens (tertiary/aromatic N) is 1.